The molecular weight excluding hydrogens is 370 g/mol. The van der Waals surface area contributed by atoms with E-state index in [1.165, 1.54) is 5.56 Å². The predicted octanol–water partition coefficient (Wildman–Crippen LogP) is 3.40. The molecule has 0 radical (unpaired) electrons. The number of aromatic nitrogens is 3. The van der Waals surface area contributed by atoms with Crippen molar-refractivity contribution in [2.75, 3.05) is 18.5 Å². The standard InChI is InChI=1S/C21H21N5OS/c1-25(13-16-6-3-2-4-7-16)18-9-5-8-17(12-18)20(27)22-11-10-19-14-28-21-23-15-24-26(19)21/h2-9,12,14-15H,10-11,13H2,1H3,(H,22,27). The molecule has 0 fully saturated rings. The summed E-state index contributed by atoms with van der Waals surface area (Å²) in [7, 11) is 2.03. The molecule has 7 heteroatoms. The molecule has 28 heavy (non-hydrogen) atoms. The Kier molecular flexibility index (Phi) is 5.34. The van der Waals surface area contributed by atoms with Crippen LogP contribution in [0.15, 0.2) is 66.3 Å². The van der Waals surface area contributed by atoms with E-state index in [-0.39, 0.29) is 5.91 Å². The van der Waals surface area contributed by atoms with E-state index in [0.29, 0.717) is 18.5 Å². The first-order chi connectivity index (χ1) is 13.7. The summed E-state index contributed by atoms with van der Waals surface area (Å²) in [6, 6.07) is 18.0. The predicted molar refractivity (Wildman–Crippen MR) is 112 cm³/mol. The molecule has 0 atom stereocenters. The SMILES string of the molecule is CN(Cc1ccccc1)c1cccc(C(=O)NCCc2csc3ncnn23)c1. The van der Waals surface area contributed by atoms with Crippen LogP contribution in [0.25, 0.3) is 4.96 Å². The van der Waals surface area contributed by atoms with Gasteiger partial charge in [0.05, 0.1) is 5.69 Å². The van der Waals surface area contributed by atoms with Crippen molar-refractivity contribution in [2.24, 2.45) is 0 Å². The Morgan fingerprint density at radius 2 is 2.04 bits per heavy atom. The van der Waals surface area contributed by atoms with Crippen molar-refractivity contribution in [3.63, 3.8) is 0 Å². The summed E-state index contributed by atoms with van der Waals surface area (Å²) in [5, 5.41) is 9.22. The van der Waals surface area contributed by atoms with E-state index in [9.17, 15) is 4.79 Å². The summed E-state index contributed by atoms with van der Waals surface area (Å²) in [4.78, 5) is 19.7. The molecule has 0 saturated heterocycles. The molecule has 0 spiro atoms. The van der Waals surface area contributed by atoms with E-state index in [0.717, 1.165) is 22.9 Å². The number of nitrogens with one attached hydrogen (secondary N) is 1. The molecule has 4 rings (SSSR count). The molecule has 0 bridgehead atoms. The first-order valence-electron chi connectivity index (χ1n) is 9.10. The lowest BCUT2D eigenvalue weighted by Gasteiger charge is -2.20. The van der Waals surface area contributed by atoms with Gasteiger partial charge in [-0.2, -0.15) is 5.10 Å². The number of anilines is 1. The average molecular weight is 392 g/mol. The van der Waals surface area contributed by atoms with Crippen LogP contribution in [0.1, 0.15) is 21.6 Å². The number of benzene rings is 2. The Balaban J connectivity index is 1.36. The van der Waals surface area contributed by atoms with Gasteiger partial charge in [0, 0.05) is 43.2 Å². The third-order valence-corrected chi connectivity index (χ3v) is 5.45. The number of fused-ring (bicyclic) bond motifs is 1. The minimum Gasteiger partial charge on any atom is -0.370 e. The Bertz CT molecular complexity index is 1070. The fraction of sp³-hybridized carbons (Fsp3) is 0.190. The number of hydrogen-bond acceptors (Lipinski definition) is 5. The number of rotatable bonds is 7. The summed E-state index contributed by atoms with van der Waals surface area (Å²) in [6.45, 7) is 1.34. The van der Waals surface area contributed by atoms with Crippen LogP contribution in [0.3, 0.4) is 0 Å². The molecule has 142 valence electrons. The molecular formula is C21H21N5OS. The topological polar surface area (TPSA) is 62.5 Å². The van der Waals surface area contributed by atoms with Gasteiger partial charge < -0.3 is 10.2 Å². The number of carbonyl (C=O) groups excluding carboxylic acids is 1. The van der Waals surface area contributed by atoms with Crippen molar-refractivity contribution in [1.82, 2.24) is 19.9 Å². The second kappa shape index (κ2) is 8.22. The van der Waals surface area contributed by atoms with Crippen LogP contribution in [0, 0.1) is 0 Å². The summed E-state index contributed by atoms with van der Waals surface area (Å²) in [5.41, 5.74) is 3.96. The summed E-state index contributed by atoms with van der Waals surface area (Å²) in [5.74, 6) is -0.0694. The number of thiazole rings is 1. The molecule has 0 saturated carbocycles. The van der Waals surface area contributed by atoms with E-state index in [4.69, 9.17) is 0 Å². The van der Waals surface area contributed by atoms with E-state index in [1.807, 2.05) is 59.4 Å². The average Bonchev–Trinajstić information content (AvgIpc) is 3.33. The lowest BCUT2D eigenvalue weighted by Crippen LogP contribution is -2.26. The van der Waals surface area contributed by atoms with Crippen molar-refractivity contribution in [3.05, 3.63) is 83.1 Å². The van der Waals surface area contributed by atoms with Crippen LogP contribution in [0.4, 0.5) is 5.69 Å². The highest BCUT2D eigenvalue weighted by molar-refractivity contribution is 7.15. The van der Waals surface area contributed by atoms with Gasteiger partial charge in [0.1, 0.15) is 6.33 Å². The lowest BCUT2D eigenvalue weighted by atomic mass is 10.1. The van der Waals surface area contributed by atoms with Crippen LogP contribution in [-0.4, -0.2) is 34.1 Å². The quantitative estimate of drug-likeness (QED) is 0.524. The second-order valence-corrected chi connectivity index (χ2v) is 7.42. The van der Waals surface area contributed by atoms with Gasteiger partial charge in [-0.05, 0) is 23.8 Å². The van der Waals surface area contributed by atoms with Crippen LogP contribution < -0.4 is 10.2 Å². The van der Waals surface area contributed by atoms with Gasteiger partial charge in [-0.3, -0.25) is 4.79 Å². The summed E-state index contributed by atoms with van der Waals surface area (Å²) < 4.78 is 1.82. The number of amides is 1. The van der Waals surface area contributed by atoms with Crippen molar-refractivity contribution >= 4 is 27.9 Å². The minimum atomic E-state index is -0.0694. The number of hydrogen-bond donors (Lipinski definition) is 1. The molecule has 6 nitrogen and oxygen atoms in total. The van der Waals surface area contributed by atoms with Crippen LogP contribution in [0.2, 0.25) is 0 Å². The maximum Gasteiger partial charge on any atom is 0.251 e. The maximum absolute atomic E-state index is 12.6. The fourth-order valence-electron chi connectivity index (χ4n) is 3.08. The Morgan fingerprint density at radius 3 is 2.89 bits per heavy atom. The van der Waals surface area contributed by atoms with Gasteiger partial charge in [0.2, 0.25) is 4.96 Å². The van der Waals surface area contributed by atoms with E-state index >= 15 is 0 Å². The summed E-state index contributed by atoms with van der Waals surface area (Å²) >= 11 is 1.55. The van der Waals surface area contributed by atoms with Gasteiger partial charge in [0.15, 0.2) is 0 Å². The Labute approximate surface area is 167 Å². The highest BCUT2D eigenvalue weighted by Gasteiger charge is 2.10. The zero-order chi connectivity index (χ0) is 19.3. The molecule has 2 aromatic heterocycles. The summed E-state index contributed by atoms with van der Waals surface area (Å²) in [6.07, 6.45) is 2.26. The fourth-order valence-corrected chi connectivity index (χ4v) is 3.91. The van der Waals surface area contributed by atoms with Gasteiger partial charge >= 0.3 is 0 Å². The second-order valence-electron chi connectivity index (χ2n) is 6.58. The van der Waals surface area contributed by atoms with Gasteiger partial charge in [-0.1, -0.05) is 36.4 Å². The molecule has 2 heterocycles. The minimum absolute atomic E-state index is 0.0694. The Hall–Kier alpha value is -3.19. The lowest BCUT2D eigenvalue weighted by molar-refractivity contribution is 0.0954. The molecule has 0 aliphatic rings. The molecule has 1 amide bonds. The third-order valence-electron chi connectivity index (χ3n) is 4.57. The van der Waals surface area contributed by atoms with Crippen LogP contribution in [0.5, 0.6) is 0 Å². The molecule has 0 unspecified atom stereocenters. The van der Waals surface area contributed by atoms with E-state index < -0.39 is 0 Å². The van der Waals surface area contributed by atoms with Crippen molar-refractivity contribution in [1.29, 1.82) is 0 Å². The number of nitrogens with zero attached hydrogens (tertiary/aromatic N) is 4. The first kappa shape index (κ1) is 18.2. The number of carbonyl (C=O) groups is 1. The van der Waals surface area contributed by atoms with Crippen LogP contribution in [-0.2, 0) is 13.0 Å². The van der Waals surface area contributed by atoms with Crippen molar-refractivity contribution in [3.8, 4) is 0 Å². The molecule has 0 aliphatic heterocycles. The zero-order valence-corrected chi connectivity index (χ0v) is 16.4. The Morgan fingerprint density at radius 1 is 1.18 bits per heavy atom. The zero-order valence-electron chi connectivity index (χ0n) is 15.6. The maximum atomic E-state index is 12.6. The first-order valence-corrected chi connectivity index (χ1v) is 9.98. The highest BCUT2D eigenvalue weighted by atomic mass is 32.1. The van der Waals surface area contributed by atoms with Crippen LogP contribution >= 0.6 is 11.3 Å². The van der Waals surface area contributed by atoms with Gasteiger partial charge in [-0.25, -0.2) is 9.50 Å². The van der Waals surface area contributed by atoms with Crippen molar-refractivity contribution < 1.29 is 4.79 Å². The van der Waals surface area contributed by atoms with Crippen molar-refractivity contribution in [2.45, 2.75) is 13.0 Å². The third kappa shape index (κ3) is 4.04. The van der Waals surface area contributed by atoms with E-state index in [2.05, 4.69) is 32.4 Å². The smallest absolute Gasteiger partial charge is 0.251 e. The molecule has 4 aromatic rings. The molecule has 2 aromatic carbocycles. The normalized spacial score (nSPS) is 10.9. The monoisotopic (exact) mass is 391 g/mol. The van der Waals surface area contributed by atoms with E-state index in [1.54, 1.807) is 17.7 Å². The molecule has 1 N–H and O–H groups in total. The largest absolute Gasteiger partial charge is 0.370 e. The molecule has 0 aliphatic carbocycles. The van der Waals surface area contributed by atoms with Gasteiger partial charge in [-0.15, -0.1) is 11.3 Å². The van der Waals surface area contributed by atoms with Gasteiger partial charge in [0.25, 0.3) is 5.91 Å². The highest BCUT2D eigenvalue weighted by Crippen LogP contribution is 2.17.